The lowest BCUT2D eigenvalue weighted by atomic mass is 10.1. The lowest BCUT2D eigenvalue weighted by Gasteiger charge is -2.11. The van der Waals surface area contributed by atoms with Crippen LogP contribution >= 0.6 is 11.6 Å². The van der Waals surface area contributed by atoms with Crippen molar-refractivity contribution in [3.05, 3.63) is 64.8 Å². The number of methoxy groups -OCH3 is 1. The normalized spacial score (nSPS) is 10.6. The summed E-state index contributed by atoms with van der Waals surface area (Å²) in [6, 6.07) is 14.5. The molecule has 1 amide bonds. The third kappa shape index (κ3) is 3.12. The summed E-state index contributed by atoms with van der Waals surface area (Å²) in [6.07, 6.45) is 0. The van der Waals surface area contributed by atoms with Crippen LogP contribution in [-0.4, -0.2) is 18.0 Å². The van der Waals surface area contributed by atoms with E-state index in [2.05, 4.69) is 10.3 Å². The van der Waals surface area contributed by atoms with Crippen LogP contribution in [0.5, 0.6) is 5.75 Å². The SMILES string of the molecule is COc1ccc(Cl)cc1C(=O)Nc1cccc2ccc(C)nc12. The van der Waals surface area contributed by atoms with Gasteiger partial charge in [0, 0.05) is 16.1 Å². The van der Waals surface area contributed by atoms with Crippen molar-refractivity contribution in [1.29, 1.82) is 0 Å². The van der Waals surface area contributed by atoms with E-state index in [1.165, 1.54) is 7.11 Å². The lowest BCUT2D eigenvalue weighted by molar-refractivity contribution is 0.102. The summed E-state index contributed by atoms with van der Waals surface area (Å²) in [5, 5.41) is 4.33. The first-order valence-electron chi connectivity index (χ1n) is 7.10. The minimum absolute atomic E-state index is 0.292. The molecule has 0 atom stereocenters. The molecule has 3 aromatic rings. The second kappa shape index (κ2) is 6.26. The number of benzene rings is 2. The maximum absolute atomic E-state index is 12.6. The standard InChI is InChI=1S/C18H15ClN2O2/c1-11-6-7-12-4-3-5-15(17(12)20-11)21-18(22)14-10-13(19)8-9-16(14)23-2/h3-10H,1-2H3,(H,21,22). The van der Waals surface area contributed by atoms with Gasteiger partial charge in [0.1, 0.15) is 5.75 Å². The fourth-order valence-electron chi connectivity index (χ4n) is 2.39. The zero-order valence-electron chi connectivity index (χ0n) is 12.8. The number of rotatable bonds is 3. The Morgan fingerprint density at radius 3 is 2.78 bits per heavy atom. The van der Waals surface area contributed by atoms with Crippen LogP contribution in [0.15, 0.2) is 48.5 Å². The number of amides is 1. The Bertz CT molecular complexity index is 893. The molecule has 4 nitrogen and oxygen atoms in total. The van der Waals surface area contributed by atoms with Crippen molar-refractivity contribution in [3.8, 4) is 5.75 Å². The van der Waals surface area contributed by atoms with Gasteiger partial charge in [-0.25, -0.2) is 0 Å². The van der Waals surface area contributed by atoms with Gasteiger partial charge in [0.2, 0.25) is 0 Å². The maximum atomic E-state index is 12.6. The molecule has 0 saturated heterocycles. The number of carbonyl (C=O) groups is 1. The zero-order valence-corrected chi connectivity index (χ0v) is 13.5. The highest BCUT2D eigenvalue weighted by atomic mass is 35.5. The summed E-state index contributed by atoms with van der Waals surface area (Å²) in [5.41, 5.74) is 2.67. The molecule has 5 heteroatoms. The van der Waals surface area contributed by atoms with Crippen LogP contribution < -0.4 is 10.1 Å². The predicted octanol–water partition coefficient (Wildman–Crippen LogP) is 4.46. The van der Waals surface area contributed by atoms with Crippen molar-refractivity contribution >= 4 is 34.1 Å². The van der Waals surface area contributed by atoms with Gasteiger partial charge in [-0.05, 0) is 37.3 Å². The third-order valence-electron chi connectivity index (χ3n) is 3.51. The zero-order chi connectivity index (χ0) is 16.4. The fraction of sp³-hybridized carbons (Fsp3) is 0.111. The molecule has 1 aromatic heterocycles. The minimum atomic E-state index is -0.292. The summed E-state index contributed by atoms with van der Waals surface area (Å²) in [4.78, 5) is 17.1. The highest BCUT2D eigenvalue weighted by molar-refractivity contribution is 6.31. The fourth-order valence-corrected chi connectivity index (χ4v) is 2.56. The Morgan fingerprint density at radius 2 is 2.00 bits per heavy atom. The Morgan fingerprint density at radius 1 is 1.17 bits per heavy atom. The summed E-state index contributed by atoms with van der Waals surface area (Å²) in [5.74, 6) is 0.177. The molecule has 0 unspecified atom stereocenters. The van der Waals surface area contributed by atoms with E-state index in [1.807, 2.05) is 37.3 Å². The van der Waals surface area contributed by atoms with Crippen LogP contribution in [0.25, 0.3) is 10.9 Å². The quantitative estimate of drug-likeness (QED) is 0.773. The third-order valence-corrected chi connectivity index (χ3v) is 3.75. The molecule has 0 aliphatic heterocycles. The summed E-state index contributed by atoms with van der Waals surface area (Å²) in [7, 11) is 1.52. The van der Waals surface area contributed by atoms with Gasteiger partial charge < -0.3 is 10.1 Å². The largest absolute Gasteiger partial charge is 0.496 e. The number of halogens is 1. The van der Waals surface area contributed by atoms with Crippen molar-refractivity contribution in [2.75, 3.05) is 12.4 Å². The molecule has 2 aromatic carbocycles. The van der Waals surface area contributed by atoms with E-state index in [4.69, 9.17) is 16.3 Å². The highest BCUT2D eigenvalue weighted by Crippen LogP contribution is 2.26. The molecule has 0 bridgehead atoms. The van der Waals surface area contributed by atoms with Gasteiger partial charge >= 0.3 is 0 Å². The smallest absolute Gasteiger partial charge is 0.259 e. The van der Waals surface area contributed by atoms with Crippen molar-refractivity contribution in [2.24, 2.45) is 0 Å². The number of para-hydroxylation sites is 1. The molecule has 0 aliphatic rings. The summed E-state index contributed by atoms with van der Waals surface area (Å²) >= 11 is 5.99. The first kappa shape index (κ1) is 15.3. The number of fused-ring (bicyclic) bond motifs is 1. The van der Waals surface area contributed by atoms with Crippen LogP contribution in [-0.2, 0) is 0 Å². The van der Waals surface area contributed by atoms with Gasteiger partial charge in [-0.15, -0.1) is 0 Å². The molecule has 0 aliphatic carbocycles. The minimum Gasteiger partial charge on any atom is -0.496 e. The van der Waals surface area contributed by atoms with Gasteiger partial charge in [0.15, 0.2) is 0 Å². The number of pyridine rings is 1. The Hall–Kier alpha value is -2.59. The molecule has 0 spiro atoms. The van der Waals surface area contributed by atoms with E-state index >= 15 is 0 Å². The van der Waals surface area contributed by atoms with Crippen molar-refractivity contribution in [2.45, 2.75) is 6.92 Å². The van der Waals surface area contributed by atoms with Gasteiger partial charge in [0.05, 0.1) is 23.9 Å². The molecule has 23 heavy (non-hydrogen) atoms. The van der Waals surface area contributed by atoms with Crippen LogP contribution in [0.1, 0.15) is 16.1 Å². The van der Waals surface area contributed by atoms with Gasteiger partial charge in [-0.1, -0.05) is 29.8 Å². The molecular weight excluding hydrogens is 312 g/mol. The molecule has 0 radical (unpaired) electrons. The molecule has 0 saturated carbocycles. The molecule has 1 heterocycles. The van der Waals surface area contributed by atoms with E-state index in [0.717, 1.165) is 16.6 Å². The summed E-state index contributed by atoms with van der Waals surface area (Å²) < 4.78 is 5.23. The number of hydrogen-bond acceptors (Lipinski definition) is 3. The van der Waals surface area contributed by atoms with Gasteiger partial charge in [-0.3, -0.25) is 9.78 Å². The lowest BCUT2D eigenvalue weighted by Crippen LogP contribution is -2.13. The number of aryl methyl sites for hydroxylation is 1. The molecule has 1 N–H and O–H groups in total. The van der Waals surface area contributed by atoms with Gasteiger partial charge in [-0.2, -0.15) is 0 Å². The van der Waals surface area contributed by atoms with E-state index < -0.39 is 0 Å². The number of anilines is 1. The predicted molar refractivity (Wildman–Crippen MR) is 92.4 cm³/mol. The van der Waals surface area contributed by atoms with Gasteiger partial charge in [0.25, 0.3) is 5.91 Å². The molecule has 3 rings (SSSR count). The Balaban J connectivity index is 2.01. The van der Waals surface area contributed by atoms with E-state index in [1.54, 1.807) is 18.2 Å². The monoisotopic (exact) mass is 326 g/mol. The van der Waals surface area contributed by atoms with Crippen LogP contribution in [0.3, 0.4) is 0 Å². The number of nitrogens with zero attached hydrogens (tertiary/aromatic N) is 1. The Labute approximate surface area is 139 Å². The van der Waals surface area contributed by atoms with E-state index in [9.17, 15) is 4.79 Å². The van der Waals surface area contributed by atoms with Crippen molar-refractivity contribution in [3.63, 3.8) is 0 Å². The highest BCUT2D eigenvalue weighted by Gasteiger charge is 2.14. The number of aromatic nitrogens is 1. The average molecular weight is 327 g/mol. The van der Waals surface area contributed by atoms with Crippen LogP contribution in [0, 0.1) is 6.92 Å². The number of ether oxygens (including phenoxy) is 1. The van der Waals surface area contributed by atoms with E-state index in [0.29, 0.717) is 22.0 Å². The number of nitrogens with one attached hydrogen (secondary N) is 1. The van der Waals surface area contributed by atoms with Crippen LogP contribution in [0.4, 0.5) is 5.69 Å². The number of hydrogen-bond donors (Lipinski definition) is 1. The molecular formula is C18H15ClN2O2. The Kier molecular flexibility index (Phi) is 4.17. The molecule has 0 fully saturated rings. The van der Waals surface area contributed by atoms with Crippen molar-refractivity contribution in [1.82, 2.24) is 4.98 Å². The maximum Gasteiger partial charge on any atom is 0.259 e. The first-order chi connectivity index (χ1) is 11.1. The van der Waals surface area contributed by atoms with E-state index in [-0.39, 0.29) is 5.91 Å². The topological polar surface area (TPSA) is 51.2 Å². The second-order valence-corrected chi connectivity index (χ2v) is 5.57. The average Bonchev–Trinajstić information content (AvgIpc) is 2.55. The second-order valence-electron chi connectivity index (χ2n) is 5.13. The van der Waals surface area contributed by atoms with Crippen LogP contribution in [0.2, 0.25) is 5.02 Å². The number of carbonyl (C=O) groups excluding carboxylic acids is 1. The first-order valence-corrected chi connectivity index (χ1v) is 7.47. The van der Waals surface area contributed by atoms with Crippen molar-refractivity contribution < 1.29 is 9.53 Å². The summed E-state index contributed by atoms with van der Waals surface area (Å²) in [6.45, 7) is 1.91. The molecule has 116 valence electrons.